The van der Waals surface area contributed by atoms with E-state index in [-0.39, 0.29) is 12.1 Å². The lowest BCUT2D eigenvalue weighted by Crippen LogP contribution is -2.52. The molecule has 3 aliphatic rings. The molecule has 0 unspecified atom stereocenters. The Bertz CT molecular complexity index is 955. The van der Waals surface area contributed by atoms with Gasteiger partial charge in [0.05, 0.1) is 23.2 Å². The van der Waals surface area contributed by atoms with Gasteiger partial charge in [-0.25, -0.2) is 14.0 Å². The second kappa shape index (κ2) is 14.0. The van der Waals surface area contributed by atoms with Crippen LogP contribution < -0.4 is 4.90 Å². The SMILES string of the molecule is CCOOSN1CCN(CCCCCCN2CCN3C(=O)N(c4ccc(C#N)c(Cl)c4C)C[C@@H]3C2)CC1. The minimum atomic E-state index is 0.0507. The second-order valence-electron chi connectivity index (χ2n) is 9.96. The molecule has 3 saturated heterocycles. The number of amides is 2. The number of piperazine rings is 2. The Hall–Kier alpha value is -1.58. The van der Waals surface area contributed by atoms with Crippen LogP contribution in [-0.4, -0.2) is 103 Å². The van der Waals surface area contributed by atoms with Crippen LogP contribution in [0, 0.1) is 18.3 Å². The summed E-state index contributed by atoms with van der Waals surface area (Å²) in [6.07, 6.45) is 4.95. The molecule has 4 rings (SSSR count). The molecule has 3 heterocycles. The van der Waals surface area contributed by atoms with Crippen molar-refractivity contribution in [2.24, 2.45) is 0 Å². The van der Waals surface area contributed by atoms with E-state index >= 15 is 0 Å². The summed E-state index contributed by atoms with van der Waals surface area (Å²) in [6.45, 7) is 14.1. The van der Waals surface area contributed by atoms with E-state index < -0.39 is 0 Å². The maximum atomic E-state index is 13.1. The molecule has 0 radical (unpaired) electrons. The highest BCUT2D eigenvalue weighted by Gasteiger charge is 2.41. The number of carbonyl (C=O) groups excluding carboxylic acids is 1. The lowest BCUT2D eigenvalue weighted by atomic mass is 10.1. The van der Waals surface area contributed by atoms with E-state index in [1.807, 2.05) is 29.7 Å². The Morgan fingerprint density at radius 2 is 1.73 bits per heavy atom. The Balaban J connectivity index is 1.12. The minimum absolute atomic E-state index is 0.0507. The van der Waals surface area contributed by atoms with E-state index in [4.69, 9.17) is 20.8 Å². The van der Waals surface area contributed by atoms with Crippen LogP contribution in [0.25, 0.3) is 0 Å². The highest BCUT2D eigenvalue weighted by Crippen LogP contribution is 2.33. The molecule has 3 fully saturated rings. The van der Waals surface area contributed by atoms with Crippen molar-refractivity contribution in [1.29, 1.82) is 5.26 Å². The average Bonchev–Trinajstić information content (AvgIpc) is 3.24. The van der Waals surface area contributed by atoms with E-state index in [2.05, 4.69) is 20.2 Å². The summed E-state index contributed by atoms with van der Waals surface area (Å²) >= 11 is 7.69. The fraction of sp³-hybridized carbons (Fsp3) is 0.692. The minimum Gasteiger partial charge on any atom is -0.317 e. The molecule has 1 aromatic rings. The fourth-order valence-corrected chi connectivity index (χ4v) is 6.13. The maximum absolute atomic E-state index is 13.1. The quantitative estimate of drug-likeness (QED) is 0.126. The molecule has 1 atom stereocenters. The number of nitrogens with zero attached hydrogens (tertiary/aromatic N) is 6. The van der Waals surface area contributed by atoms with E-state index in [1.165, 1.54) is 44.5 Å². The van der Waals surface area contributed by atoms with Crippen LogP contribution in [0.4, 0.5) is 10.5 Å². The van der Waals surface area contributed by atoms with Crippen LogP contribution in [0.15, 0.2) is 12.1 Å². The Morgan fingerprint density at radius 3 is 2.43 bits per heavy atom. The molecule has 37 heavy (non-hydrogen) atoms. The van der Waals surface area contributed by atoms with Gasteiger partial charge in [-0.15, -0.1) is 4.33 Å². The molecule has 9 nitrogen and oxygen atoms in total. The predicted octanol–water partition coefficient (Wildman–Crippen LogP) is 4.16. The van der Waals surface area contributed by atoms with Gasteiger partial charge in [-0.05, 0) is 57.5 Å². The first kappa shape index (κ1) is 28.4. The zero-order valence-corrected chi connectivity index (χ0v) is 23.6. The molecule has 0 aliphatic carbocycles. The first-order valence-electron chi connectivity index (χ1n) is 13.4. The van der Waals surface area contributed by atoms with Crippen LogP contribution in [0.2, 0.25) is 5.02 Å². The maximum Gasteiger partial charge on any atom is 0.324 e. The Labute approximate surface area is 230 Å². The zero-order chi connectivity index (χ0) is 26.2. The molecule has 0 aromatic heterocycles. The number of fused-ring (bicyclic) bond motifs is 1. The monoisotopic (exact) mass is 550 g/mol. The molecule has 11 heteroatoms. The van der Waals surface area contributed by atoms with Gasteiger partial charge in [0.25, 0.3) is 0 Å². The van der Waals surface area contributed by atoms with Gasteiger partial charge >= 0.3 is 6.03 Å². The lowest BCUT2D eigenvalue weighted by molar-refractivity contribution is -0.189. The van der Waals surface area contributed by atoms with Gasteiger partial charge in [0.2, 0.25) is 0 Å². The molecule has 2 amide bonds. The average molecular weight is 551 g/mol. The summed E-state index contributed by atoms with van der Waals surface area (Å²) in [5.41, 5.74) is 2.06. The largest absolute Gasteiger partial charge is 0.324 e. The number of benzene rings is 1. The fourth-order valence-electron chi connectivity index (χ4n) is 5.39. The number of nitriles is 1. The van der Waals surface area contributed by atoms with Crippen molar-refractivity contribution in [1.82, 2.24) is 19.0 Å². The molecular weight excluding hydrogens is 512 g/mol. The van der Waals surface area contributed by atoms with Crippen molar-refractivity contribution in [2.75, 3.05) is 77.0 Å². The van der Waals surface area contributed by atoms with Gasteiger partial charge < -0.3 is 9.80 Å². The third-order valence-electron chi connectivity index (χ3n) is 7.54. The van der Waals surface area contributed by atoms with Gasteiger partial charge in [0.15, 0.2) is 0 Å². The summed E-state index contributed by atoms with van der Waals surface area (Å²) in [5.74, 6) is 0. The van der Waals surface area contributed by atoms with E-state index in [1.54, 1.807) is 6.07 Å². The highest BCUT2D eigenvalue weighted by atomic mass is 35.5. The van der Waals surface area contributed by atoms with E-state index in [0.29, 0.717) is 23.7 Å². The number of hydrogen-bond acceptors (Lipinski definition) is 8. The summed E-state index contributed by atoms with van der Waals surface area (Å²) < 4.78 is 7.30. The van der Waals surface area contributed by atoms with Crippen LogP contribution in [-0.2, 0) is 9.22 Å². The smallest absolute Gasteiger partial charge is 0.317 e. The Kier molecular flexibility index (Phi) is 10.7. The summed E-state index contributed by atoms with van der Waals surface area (Å²) in [4.78, 5) is 26.9. The van der Waals surface area contributed by atoms with Gasteiger partial charge in [0.1, 0.15) is 18.3 Å². The van der Waals surface area contributed by atoms with Crippen molar-refractivity contribution in [3.05, 3.63) is 28.3 Å². The molecular formula is C26H39ClN6O3S. The predicted molar refractivity (Wildman–Crippen MR) is 147 cm³/mol. The lowest BCUT2D eigenvalue weighted by Gasteiger charge is -2.36. The first-order valence-corrected chi connectivity index (χ1v) is 14.5. The van der Waals surface area contributed by atoms with E-state index in [0.717, 1.165) is 63.6 Å². The third kappa shape index (κ3) is 7.30. The molecule has 3 aliphatic heterocycles. The van der Waals surface area contributed by atoms with Crippen molar-refractivity contribution < 1.29 is 14.0 Å². The van der Waals surface area contributed by atoms with E-state index in [9.17, 15) is 10.1 Å². The van der Waals surface area contributed by atoms with Crippen molar-refractivity contribution >= 4 is 35.5 Å². The molecule has 0 spiro atoms. The standard InChI is InChI=1S/C26H39ClN6O3S/c1-3-35-36-37-31-15-12-29(13-16-31)10-6-4-5-7-11-30-14-17-32-23(19-30)20-33(26(32)34)24-9-8-22(18-28)25(27)21(24)2/h8-9,23H,3-7,10-17,19-20H2,1-2H3/t23-/m0/s1. The first-order chi connectivity index (χ1) is 18.0. The molecule has 0 bridgehead atoms. The molecule has 0 N–H and O–H groups in total. The topological polar surface area (TPSA) is 75.5 Å². The molecule has 204 valence electrons. The van der Waals surface area contributed by atoms with Crippen LogP contribution in [0.1, 0.15) is 43.7 Å². The number of hydrogen-bond donors (Lipinski definition) is 0. The number of halogens is 1. The molecule has 1 aromatic carbocycles. The Morgan fingerprint density at radius 1 is 1.03 bits per heavy atom. The summed E-state index contributed by atoms with van der Waals surface area (Å²) in [7, 11) is 0. The number of unbranched alkanes of at least 4 members (excludes halogenated alkanes) is 3. The summed E-state index contributed by atoms with van der Waals surface area (Å²) in [5, 5.41) is 9.66. The third-order valence-corrected chi connectivity index (χ3v) is 8.76. The van der Waals surface area contributed by atoms with Crippen LogP contribution in [0.3, 0.4) is 0 Å². The van der Waals surface area contributed by atoms with Gasteiger partial charge in [-0.3, -0.25) is 9.80 Å². The van der Waals surface area contributed by atoms with Gasteiger partial charge in [0, 0.05) is 58.0 Å². The van der Waals surface area contributed by atoms with Crippen LogP contribution in [0.5, 0.6) is 0 Å². The normalized spacial score (nSPS) is 21.5. The van der Waals surface area contributed by atoms with Crippen molar-refractivity contribution in [3.63, 3.8) is 0 Å². The van der Waals surface area contributed by atoms with Gasteiger partial charge in [-0.2, -0.15) is 5.26 Å². The van der Waals surface area contributed by atoms with Gasteiger partial charge in [-0.1, -0.05) is 24.4 Å². The molecule has 0 saturated carbocycles. The number of anilines is 1. The van der Waals surface area contributed by atoms with Crippen molar-refractivity contribution in [3.8, 4) is 6.07 Å². The zero-order valence-electron chi connectivity index (χ0n) is 22.0. The van der Waals surface area contributed by atoms with Crippen molar-refractivity contribution in [2.45, 2.75) is 45.6 Å². The highest BCUT2D eigenvalue weighted by molar-refractivity contribution is 7.92. The summed E-state index contributed by atoms with van der Waals surface area (Å²) in [6, 6.07) is 5.92. The number of rotatable bonds is 12. The number of carbonyl (C=O) groups is 1. The second-order valence-corrected chi connectivity index (χ2v) is 11.1. The van der Waals surface area contributed by atoms with Crippen LogP contribution >= 0.6 is 23.8 Å². The number of urea groups is 1.